The summed E-state index contributed by atoms with van der Waals surface area (Å²) in [5.74, 6) is 0.380. The van der Waals surface area contributed by atoms with Crippen LogP contribution >= 0.6 is 0 Å². The molecule has 0 bridgehead atoms. The third-order valence-corrected chi connectivity index (χ3v) is 7.03. The van der Waals surface area contributed by atoms with E-state index in [-0.39, 0.29) is 24.0 Å². The van der Waals surface area contributed by atoms with Crippen LogP contribution in [0.25, 0.3) is 11.0 Å². The van der Waals surface area contributed by atoms with Gasteiger partial charge in [-0.15, -0.1) is 0 Å². The molecule has 8 nitrogen and oxygen atoms in total. The Hall–Kier alpha value is -3.52. The van der Waals surface area contributed by atoms with Crippen molar-refractivity contribution in [1.82, 2.24) is 14.9 Å². The number of carbonyl (C=O) groups excluding carboxylic acids is 2. The van der Waals surface area contributed by atoms with E-state index in [9.17, 15) is 9.59 Å². The first-order valence-corrected chi connectivity index (χ1v) is 11.9. The SMILES string of the molecule is O=C1c2ccccc2C(=O)N1[C@H]1CC[C@@H](Oc2cc(N3CCOCC3)cc3nccnc23)CC1. The molecule has 6 rings (SSSR count). The Morgan fingerprint density at radius 3 is 2.26 bits per heavy atom. The van der Waals surface area contributed by atoms with Crippen LogP contribution in [-0.4, -0.2) is 65.1 Å². The molecule has 2 fully saturated rings. The van der Waals surface area contributed by atoms with Crippen molar-refractivity contribution in [3.05, 3.63) is 59.9 Å². The summed E-state index contributed by atoms with van der Waals surface area (Å²) >= 11 is 0. The first-order valence-electron chi connectivity index (χ1n) is 11.9. The molecule has 1 aliphatic carbocycles. The molecule has 34 heavy (non-hydrogen) atoms. The van der Waals surface area contributed by atoms with Crippen LogP contribution in [0.5, 0.6) is 5.75 Å². The van der Waals surface area contributed by atoms with E-state index < -0.39 is 0 Å². The van der Waals surface area contributed by atoms with E-state index in [1.54, 1.807) is 36.7 Å². The van der Waals surface area contributed by atoms with Crippen LogP contribution in [0.4, 0.5) is 5.69 Å². The van der Waals surface area contributed by atoms with Crippen LogP contribution in [0.3, 0.4) is 0 Å². The smallest absolute Gasteiger partial charge is 0.261 e. The zero-order valence-corrected chi connectivity index (χ0v) is 18.9. The predicted molar refractivity (Wildman–Crippen MR) is 126 cm³/mol. The number of fused-ring (bicyclic) bond motifs is 2. The molecule has 3 aromatic rings. The van der Waals surface area contributed by atoms with Crippen LogP contribution in [0.15, 0.2) is 48.8 Å². The Kier molecular flexibility index (Phi) is 5.37. The molecule has 0 N–H and O–H groups in total. The minimum absolute atomic E-state index is 0.00317. The molecule has 2 amide bonds. The Morgan fingerprint density at radius 1 is 0.882 bits per heavy atom. The van der Waals surface area contributed by atoms with Crippen molar-refractivity contribution in [2.24, 2.45) is 0 Å². The van der Waals surface area contributed by atoms with Gasteiger partial charge in [-0.1, -0.05) is 12.1 Å². The Balaban J connectivity index is 1.18. The summed E-state index contributed by atoms with van der Waals surface area (Å²) in [6.07, 6.45) is 6.36. The average Bonchev–Trinajstić information content (AvgIpc) is 3.15. The first-order chi connectivity index (χ1) is 16.7. The maximum atomic E-state index is 12.9. The second-order valence-corrected chi connectivity index (χ2v) is 9.04. The first kappa shape index (κ1) is 21.0. The minimum atomic E-state index is -0.176. The van der Waals surface area contributed by atoms with Gasteiger partial charge in [-0.05, 0) is 43.9 Å². The highest BCUT2D eigenvalue weighted by atomic mass is 16.5. The lowest BCUT2D eigenvalue weighted by Gasteiger charge is -2.34. The number of amides is 2. The van der Waals surface area contributed by atoms with E-state index in [1.165, 1.54) is 4.90 Å². The lowest BCUT2D eigenvalue weighted by atomic mass is 9.91. The summed E-state index contributed by atoms with van der Waals surface area (Å²) in [6, 6.07) is 11.1. The van der Waals surface area contributed by atoms with Crippen molar-refractivity contribution < 1.29 is 19.1 Å². The van der Waals surface area contributed by atoms with Crippen LogP contribution < -0.4 is 9.64 Å². The van der Waals surface area contributed by atoms with E-state index in [2.05, 4.69) is 27.0 Å². The van der Waals surface area contributed by atoms with Gasteiger partial charge in [0.2, 0.25) is 0 Å². The Bertz CT molecular complexity index is 1210. The molecular formula is C26H26N4O4. The van der Waals surface area contributed by atoms with Crippen LogP contribution in [-0.2, 0) is 4.74 Å². The molecule has 1 saturated heterocycles. The summed E-state index contributed by atoms with van der Waals surface area (Å²) in [7, 11) is 0. The summed E-state index contributed by atoms with van der Waals surface area (Å²) in [5.41, 5.74) is 3.64. The third kappa shape index (κ3) is 3.68. The average molecular weight is 459 g/mol. The topological polar surface area (TPSA) is 84.9 Å². The molecule has 0 atom stereocenters. The molecule has 2 aliphatic heterocycles. The van der Waals surface area contributed by atoms with Crippen molar-refractivity contribution in [1.29, 1.82) is 0 Å². The lowest BCUT2D eigenvalue weighted by Crippen LogP contribution is -2.43. The second-order valence-electron chi connectivity index (χ2n) is 9.04. The second kappa shape index (κ2) is 8.68. The van der Waals surface area contributed by atoms with Crippen LogP contribution in [0.2, 0.25) is 0 Å². The number of morpholine rings is 1. The predicted octanol–water partition coefficient (Wildman–Crippen LogP) is 3.45. The number of imide groups is 1. The Labute approximate surface area is 197 Å². The molecule has 1 aromatic heterocycles. The fourth-order valence-electron chi connectivity index (χ4n) is 5.26. The van der Waals surface area contributed by atoms with Gasteiger partial charge >= 0.3 is 0 Å². The number of anilines is 1. The van der Waals surface area contributed by atoms with Gasteiger partial charge in [0.1, 0.15) is 11.3 Å². The number of benzene rings is 2. The number of hydrogen-bond acceptors (Lipinski definition) is 7. The maximum absolute atomic E-state index is 12.9. The lowest BCUT2D eigenvalue weighted by molar-refractivity contribution is 0.0479. The van der Waals surface area contributed by atoms with Crippen molar-refractivity contribution in [3.63, 3.8) is 0 Å². The molecule has 3 heterocycles. The molecule has 3 aliphatic rings. The van der Waals surface area contributed by atoms with Crippen molar-refractivity contribution in [2.45, 2.75) is 37.8 Å². The highest BCUT2D eigenvalue weighted by Crippen LogP contribution is 2.35. The molecule has 1 saturated carbocycles. The van der Waals surface area contributed by atoms with Gasteiger partial charge in [-0.3, -0.25) is 19.5 Å². The number of carbonyl (C=O) groups is 2. The van der Waals surface area contributed by atoms with Crippen LogP contribution in [0.1, 0.15) is 46.4 Å². The summed E-state index contributed by atoms with van der Waals surface area (Å²) in [5, 5.41) is 0. The van der Waals surface area contributed by atoms with Gasteiger partial charge in [0, 0.05) is 43.3 Å². The molecule has 0 radical (unpaired) electrons. The van der Waals surface area contributed by atoms with Crippen molar-refractivity contribution in [2.75, 3.05) is 31.2 Å². The molecule has 8 heteroatoms. The van der Waals surface area contributed by atoms with Gasteiger partial charge in [0.25, 0.3) is 11.8 Å². The minimum Gasteiger partial charge on any atom is -0.488 e. The molecule has 174 valence electrons. The summed E-state index contributed by atoms with van der Waals surface area (Å²) < 4.78 is 12.0. The number of aromatic nitrogens is 2. The van der Waals surface area contributed by atoms with Gasteiger partial charge < -0.3 is 14.4 Å². The molecule has 0 unspecified atom stereocenters. The highest BCUT2D eigenvalue weighted by molar-refractivity contribution is 6.21. The highest BCUT2D eigenvalue weighted by Gasteiger charge is 2.41. The normalized spacial score (nSPS) is 22.8. The number of ether oxygens (including phenoxy) is 2. The Morgan fingerprint density at radius 2 is 1.56 bits per heavy atom. The third-order valence-electron chi connectivity index (χ3n) is 7.03. The molecule has 2 aromatic carbocycles. The quantitative estimate of drug-likeness (QED) is 0.554. The van der Waals surface area contributed by atoms with E-state index >= 15 is 0 Å². The van der Waals surface area contributed by atoms with Crippen LogP contribution in [0, 0.1) is 0 Å². The van der Waals surface area contributed by atoms with E-state index in [0.717, 1.165) is 61.2 Å². The van der Waals surface area contributed by atoms with Gasteiger partial charge in [0.05, 0.1) is 36.0 Å². The zero-order valence-electron chi connectivity index (χ0n) is 18.9. The summed E-state index contributed by atoms with van der Waals surface area (Å²) in [6.45, 7) is 3.07. The fourth-order valence-corrected chi connectivity index (χ4v) is 5.26. The summed E-state index contributed by atoms with van der Waals surface area (Å²) in [4.78, 5) is 38.5. The van der Waals surface area contributed by atoms with E-state index in [1.807, 2.05) is 0 Å². The van der Waals surface area contributed by atoms with Gasteiger partial charge in [-0.2, -0.15) is 0 Å². The number of hydrogen-bond donors (Lipinski definition) is 0. The number of rotatable bonds is 4. The van der Waals surface area contributed by atoms with E-state index in [0.29, 0.717) is 24.3 Å². The van der Waals surface area contributed by atoms with Crippen molar-refractivity contribution in [3.8, 4) is 5.75 Å². The molecule has 0 spiro atoms. The van der Waals surface area contributed by atoms with Gasteiger partial charge in [-0.25, -0.2) is 4.98 Å². The standard InChI is InChI=1S/C26H26N4O4/c31-25-20-3-1-2-4-21(20)26(32)30(25)17-5-7-19(8-6-17)34-23-16-18(29-11-13-33-14-12-29)15-22-24(23)28-10-9-27-22/h1-4,9-10,15-17,19H,5-8,11-14H2/t17-,19+. The van der Waals surface area contributed by atoms with E-state index in [4.69, 9.17) is 9.47 Å². The van der Waals surface area contributed by atoms with Crippen molar-refractivity contribution >= 4 is 28.5 Å². The number of nitrogens with zero attached hydrogens (tertiary/aromatic N) is 4. The fraction of sp³-hybridized carbons (Fsp3) is 0.385. The zero-order chi connectivity index (χ0) is 23.1. The maximum Gasteiger partial charge on any atom is 0.261 e. The monoisotopic (exact) mass is 458 g/mol. The molecular weight excluding hydrogens is 432 g/mol. The van der Waals surface area contributed by atoms with Gasteiger partial charge in [0.15, 0.2) is 0 Å². The largest absolute Gasteiger partial charge is 0.488 e.